The average molecular weight is 332 g/mol. The molecular formula is C17H18ClN3O2. The maximum atomic E-state index is 12.1. The van der Waals surface area contributed by atoms with Crippen LogP contribution in [0, 0.1) is 0 Å². The van der Waals surface area contributed by atoms with E-state index in [9.17, 15) is 9.90 Å². The van der Waals surface area contributed by atoms with Crippen molar-refractivity contribution < 1.29 is 5.11 Å². The molecular weight excluding hydrogens is 314 g/mol. The summed E-state index contributed by atoms with van der Waals surface area (Å²) < 4.78 is 1.69. The van der Waals surface area contributed by atoms with Crippen LogP contribution in [0.25, 0.3) is 11.0 Å². The number of aliphatic hydroxyl groups is 1. The second-order valence-electron chi connectivity index (χ2n) is 5.52. The summed E-state index contributed by atoms with van der Waals surface area (Å²) in [5, 5.41) is 12.8. The van der Waals surface area contributed by atoms with E-state index in [4.69, 9.17) is 11.6 Å². The van der Waals surface area contributed by atoms with Crippen molar-refractivity contribution in [3.63, 3.8) is 0 Å². The number of aromatic amines is 1. The van der Waals surface area contributed by atoms with Gasteiger partial charge in [0.2, 0.25) is 0 Å². The molecule has 6 heteroatoms. The van der Waals surface area contributed by atoms with E-state index < -0.39 is 6.23 Å². The molecule has 3 aromatic rings. The number of para-hydroxylation sites is 2. The summed E-state index contributed by atoms with van der Waals surface area (Å²) in [6.07, 6.45) is -0.587. The van der Waals surface area contributed by atoms with Crippen LogP contribution in [0.1, 0.15) is 18.1 Å². The van der Waals surface area contributed by atoms with Gasteiger partial charge < -0.3 is 10.1 Å². The first-order chi connectivity index (χ1) is 11.0. The lowest BCUT2D eigenvalue weighted by Crippen LogP contribution is -2.24. The summed E-state index contributed by atoms with van der Waals surface area (Å²) >= 11 is 6.29. The van der Waals surface area contributed by atoms with Gasteiger partial charge >= 0.3 is 5.69 Å². The van der Waals surface area contributed by atoms with Crippen molar-refractivity contribution in [3.05, 3.63) is 69.1 Å². The first kappa shape index (κ1) is 15.8. The summed E-state index contributed by atoms with van der Waals surface area (Å²) in [6.45, 7) is 2.60. The minimum atomic E-state index is -0.587. The molecule has 0 radical (unpaired) electrons. The van der Waals surface area contributed by atoms with Gasteiger partial charge in [-0.05, 0) is 36.2 Å². The first-order valence-electron chi connectivity index (χ1n) is 7.41. The van der Waals surface area contributed by atoms with Gasteiger partial charge in [0.15, 0.2) is 0 Å². The van der Waals surface area contributed by atoms with E-state index in [1.807, 2.05) is 42.5 Å². The van der Waals surface area contributed by atoms with Gasteiger partial charge in [0.1, 0.15) is 6.23 Å². The van der Waals surface area contributed by atoms with Crippen molar-refractivity contribution in [2.45, 2.75) is 26.2 Å². The molecule has 0 aliphatic carbocycles. The zero-order valence-corrected chi connectivity index (χ0v) is 13.5. The number of aromatic nitrogens is 2. The van der Waals surface area contributed by atoms with Gasteiger partial charge in [0.25, 0.3) is 0 Å². The highest BCUT2D eigenvalue weighted by atomic mass is 35.5. The number of aliphatic hydroxyl groups excluding tert-OH is 1. The van der Waals surface area contributed by atoms with Gasteiger partial charge in [-0.15, -0.1) is 0 Å². The number of benzene rings is 2. The van der Waals surface area contributed by atoms with E-state index in [-0.39, 0.29) is 5.69 Å². The van der Waals surface area contributed by atoms with Crippen molar-refractivity contribution in [1.82, 2.24) is 14.9 Å². The molecule has 120 valence electrons. The Hall–Kier alpha value is -2.08. The Morgan fingerprint density at radius 1 is 1.30 bits per heavy atom. The third kappa shape index (κ3) is 3.47. The van der Waals surface area contributed by atoms with Gasteiger partial charge in [0.05, 0.1) is 17.6 Å². The number of hydrogen-bond acceptors (Lipinski definition) is 3. The second kappa shape index (κ2) is 6.58. The van der Waals surface area contributed by atoms with Crippen molar-refractivity contribution in [2.75, 3.05) is 0 Å². The fourth-order valence-corrected chi connectivity index (χ4v) is 2.81. The molecule has 5 nitrogen and oxygen atoms in total. The molecule has 1 unspecified atom stereocenters. The lowest BCUT2D eigenvalue weighted by atomic mass is 10.1. The molecule has 0 saturated heterocycles. The van der Waals surface area contributed by atoms with Gasteiger partial charge in [-0.3, -0.25) is 9.88 Å². The predicted octanol–water partition coefficient (Wildman–Crippen LogP) is 2.46. The van der Waals surface area contributed by atoms with E-state index >= 15 is 0 Å². The smallest absolute Gasteiger partial charge is 0.326 e. The van der Waals surface area contributed by atoms with E-state index in [0.717, 1.165) is 22.2 Å². The number of imidazole rings is 1. The third-order valence-corrected chi connectivity index (χ3v) is 4.08. The monoisotopic (exact) mass is 331 g/mol. The maximum Gasteiger partial charge on any atom is 0.326 e. The molecule has 0 aliphatic rings. The number of rotatable bonds is 5. The van der Waals surface area contributed by atoms with Crippen molar-refractivity contribution >= 4 is 22.6 Å². The average Bonchev–Trinajstić information content (AvgIpc) is 2.82. The number of nitrogens with one attached hydrogen (secondary N) is 2. The zero-order valence-electron chi connectivity index (χ0n) is 12.7. The highest BCUT2D eigenvalue weighted by Crippen LogP contribution is 2.19. The molecule has 0 bridgehead atoms. The van der Waals surface area contributed by atoms with Crippen LogP contribution >= 0.6 is 11.6 Å². The minimum absolute atomic E-state index is 0.137. The highest BCUT2D eigenvalue weighted by molar-refractivity contribution is 6.31. The molecule has 1 aromatic heterocycles. The molecule has 1 atom stereocenters. The number of halogens is 1. The Balaban J connectivity index is 1.86. The fourth-order valence-electron chi connectivity index (χ4n) is 2.54. The molecule has 0 saturated carbocycles. The summed E-state index contributed by atoms with van der Waals surface area (Å²) in [5.74, 6) is 0. The van der Waals surface area contributed by atoms with Gasteiger partial charge in [-0.25, -0.2) is 4.79 Å². The zero-order chi connectivity index (χ0) is 16.4. The van der Waals surface area contributed by atoms with E-state index in [0.29, 0.717) is 18.1 Å². The van der Waals surface area contributed by atoms with Crippen LogP contribution in [0.4, 0.5) is 0 Å². The number of fused-ring (bicyclic) bond motifs is 1. The van der Waals surface area contributed by atoms with Gasteiger partial charge in [-0.1, -0.05) is 35.9 Å². The lowest BCUT2D eigenvalue weighted by Gasteiger charge is -2.11. The number of H-pyrrole nitrogens is 1. The van der Waals surface area contributed by atoms with Crippen LogP contribution < -0.4 is 11.0 Å². The topological polar surface area (TPSA) is 70.0 Å². The highest BCUT2D eigenvalue weighted by Gasteiger charge is 2.08. The molecule has 3 rings (SSSR count). The van der Waals surface area contributed by atoms with Crippen molar-refractivity contribution in [1.29, 1.82) is 0 Å². The third-order valence-electron chi connectivity index (χ3n) is 3.73. The number of hydrogen-bond donors (Lipinski definition) is 3. The quantitative estimate of drug-likeness (QED) is 0.629. The van der Waals surface area contributed by atoms with Crippen LogP contribution in [0.2, 0.25) is 5.02 Å². The van der Waals surface area contributed by atoms with E-state index in [2.05, 4.69) is 10.3 Å². The second-order valence-corrected chi connectivity index (χ2v) is 5.92. The van der Waals surface area contributed by atoms with Gasteiger partial charge in [-0.2, -0.15) is 0 Å². The predicted molar refractivity (Wildman–Crippen MR) is 91.6 cm³/mol. The molecule has 23 heavy (non-hydrogen) atoms. The summed E-state index contributed by atoms with van der Waals surface area (Å²) in [6, 6.07) is 13.3. The molecule has 0 aliphatic heterocycles. The SMILES string of the molecule is CC(O)NCc1ccc(Cn2c(=O)[nH]c3ccccc32)cc1Cl. The van der Waals surface area contributed by atoms with Crippen LogP contribution in [-0.2, 0) is 13.1 Å². The van der Waals surface area contributed by atoms with Crippen LogP contribution in [0.5, 0.6) is 0 Å². The fraction of sp³-hybridized carbons (Fsp3) is 0.235. The van der Waals surface area contributed by atoms with Crippen LogP contribution in [0.3, 0.4) is 0 Å². The normalized spacial score (nSPS) is 12.7. The molecule has 0 spiro atoms. The molecule has 0 fully saturated rings. The summed E-state index contributed by atoms with van der Waals surface area (Å²) in [7, 11) is 0. The summed E-state index contributed by atoms with van der Waals surface area (Å²) in [5.41, 5.74) is 3.40. The Kier molecular flexibility index (Phi) is 4.52. The van der Waals surface area contributed by atoms with Gasteiger partial charge in [0, 0.05) is 11.6 Å². The largest absolute Gasteiger partial charge is 0.379 e. The van der Waals surface area contributed by atoms with Crippen molar-refractivity contribution in [3.8, 4) is 0 Å². The molecule has 2 aromatic carbocycles. The first-order valence-corrected chi connectivity index (χ1v) is 7.78. The van der Waals surface area contributed by atoms with Crippen LogP contribution in [0.15, 0.2) is 47.3 Å². The Labute approximate surface area is 138 Å². The summed E-state index contributed by atoms with van der Waals surface area (Å²) in [4.78, 5) is 15.0. The molecule has 0 amide bonds. The minimum Gasteiger partial charge on any atom is -0.379 e. The standard InChI is InChI=1S/C17H18ClN3O2/c1-11(22)19-9-13-7-6-12(8-14(13)18)10-21-16-5-3-2-4-15(16)20-17(21)23/h2-8,11,19,22H,9-10H2,1H3,(H,20,23). The Bertz CT molecular complexity index is 883. The van der Waals surface area contributed by atoms with Crippen molar-refractivity contribution in [2.24, 2.45) is 0 Å². The van der Waals surface area contributed by atoms with Crippen LogP contribution in [-0.4, -0.2) is 20.9 Å². The lowest BCUT2D eigenvalue weighted by molar-refractivity contribution is 0.155. The Morgan fingerprint density at radius 3 is 2.83 bits per heavy atom. The molecule has 1 heterocycles. The van der Waals surface area contributed by atoms with E-state index in [1.165, 1.54) is 0 Å². The Morgan fingerprint density at radius 2 is 2.09 bits per heavy atom. The maximum absolute atomic E-state index is 12.1. The number of nitrogens with zero attached hydrogens (tertiary/aromatic N) is 1. The van der Waals surface area contributed by atoms with E-state index in [1.54, 1.807) is 11.5 Å². The molecule has 3 N–H and O–H groups in total.